The second-order valence-electron chi connectivity index (χ2n) is 16.7. The summed E-state index contributed by atoms with van der Waals surface area (Å²) in [6.45, 7) is 7.07. The number of benzene rings is 3. The minimum atomic E-state index is -0.942. The van der Waals surface area contributed by atoms with Gasteiger partial charge in [-0.1, -0.05) is 24.2 Å². The van der Waals surface area contributed by atoms with Gasteiger partial charge < -0.3 is 20.6 Å². The van der Waals surface area contributed by atoms with Crippen LogP contribution >= 0.6 is 0 Å². The second-order valence-corrected chi connectivity index (χ2v) is 16.7. The lowest BCUT2D eigenvalue weighted by Gasteiger charge is -2.29. The molecule has 1 saturated carbocycles. The van der Waals surface area contributed by atoms with Crippen LogP contribution in [-0.4, -0.2) is 75.3 Å². The summed E-state index contributed by atoms with van der Waals surface area (Å²) in [6.07, 6.45) is 7.16. The van der Waals surface area contributed by atoms with E-state index in [1.54, 1.807) is 59.6 Å². The highest BCUT2D eigenvalue weighted by atomic mass is 19.1. The molecule has 2 fully saturated rings. The van der Waals surface area contributed by atoms with Crippen molar-refractivity contribution in [1.82, 2.24) is 38.6 Å². The zero-order valence-corrected chi connectivity index (χ0v) is 34.2. The van der Waals surface area contributed by atoms with Crippen LogP contribution in [0.2, 0.25) is 0 Å². The highest BCUT2D eigenvalue weighted by Gasteiger charge is 2.59. The van der Waals surface area contributed by atoms with Crippen LogP contribution in [0.15, 0.2) is 77.1 Å². The van der Waals surface area contributed by atoms with Gasteiger partial charge in [0.25, 0.3) is 5.91 Å². The average molecular weight is 827 g/mol. The molecule has 14 nitrogen and oxygen atoms in total. The Morgan fingerprint density at radius 1 is 1.02 bits per heavy atom. The summed E-state index contributed by atoms with van der Waals surface area (Å²) in [7, 11) is 1.71. The number of nitrogens with two attached hydrogens (primary N) is 1. The largest absolute Gasteiger partial charge is 0.409 e. The van der Waals surface area contributed by atoms with Gasteiger partial charge in [-0.15, -0.1) is 0 Å². The van der Waals surface area contributed by atoms with Gasteiger partial charge in [0.2, 0.25) is 0 Å². The summed E-state index contributed by atoms with van der Waals surface area (Å²) in [5.41, 5.74) is 10.8. The number of carbonyl (C=O) groups is 1. The molecule has 312 valence electrons. The SMILES string of the molecule is Cc1cc(-n2nc3c(c2-n2ccn(-c4ccc5c(cnn5C)c4F)c2=O)CN(C(=O)c2cc4ccc(C5CCOCC5)cc4nc2[C@@]2(/C(N)=N/O)C[C@@H]2C)CC3)cc(C)c1F. The molecule has 2 atom stereocenters. The van der Waals surface area contributed by atoms with Gasteiger partial charge in [-0.25, -0.2) is 18.3 Å². The maximum Gasteiger partial charge on any atom is 0.338 e. The van der Waals surface area contributed by atoms with Crippen LogP contribution in [0.4, 0.5) is 8.78 Å². The average Bonchev–Trinajstić information content (AvgIpc) is 3.50. The number of oxime groups is 1. The van der Waals surface area contributed by atoms with E-state index in [4.69, 9.17) is 20.6 Å². The van der Waals surface area contributed by atoms with Crippen molar-refractivity contribution in [3.63, 3.8) is 0 Å². The lowest BCUT2D eigenvalue weighted by molar-refractivity contribution is 0.0732. The molecule has 7 aromatic rings. The Bertz CT molecular complexity index is 3020. The summed E-state index contributed by atoms with van der Waals surface area (Å²) in [5, 5.41) is 23.6. The number of amidine groups is 1. The number of hydrogen-bond donors (Lipinski definition) is 2. The molecule has 10 rings (SSSR count). The van der Waals surface area contributed by atoms with E-state index in [2.05, 4.69) is 22.4 Å². The van der Waals surface area contributed by atoms with E-state index >= 15 is 9.18 Å². The van der Waals surface area contributed by atoms with Crippen molar-refractivity contribution < 1.29 is 23.5 Å². The van der Waals surface area contributed by atoms with Crippen LogP contribution in [0.1, 0.15) is 76.1 Å². The van der Waals surface area contributed by atoms with Crippen molar-refractivity contribution in [1.29, 1.82) is 0 Å². The van der Waals surface area contributed by atoms with Crippen molar-refractivity contribution in [2.45, 2.75) is 64.3 Å². The first-order valence-electron chi connectivity index (χ1n) is 20.5. The molecule has 2 aliphatic heterocycles. The quantitative estimate of drug-likeness (QED) is 0.0824. The Morgan fingerprint density at radius 3 is 2.48 bits per heavy atom. The lowest BCUT2D eigenvalue weighted by Crippen LogP contribution is -2.39. The topological polar surface area (TPSA) is 164 Å². The Hall–Kier alpha value is -6.68. The van der Waals surface area contributed by atoms with Gasteiger partial charge in [-0.05, 0) is 98.0 Å². The molecule has 61 heavy (non-hydrogen) atoms. The Kier molecular flexibility index (Phi) is 8.98. The highest BCUT2D eigenvalue weighted by Crippen LogP contribution is 2.55. The number of amides is 1. The summed E-state index contributed by atoms with van der Waals surface area (Å²) in [4.78, 5) is 36.4. The number of ether oxygens (including phenoxy) is 1. The van der Waals surface area contributed by atoms with Gasteiger partial charge in [-0.3, -0.25) is 23.6 Å². The molecule has 0 radical (unpaired) electrons. The monoisotopic (exact) mass is 826 g/mol. The molecule has 0 bridgehead atoms. The van der Waals surface area contributed by atoms with Crippen molar-refractivity contribution in [3.05, 3.63) is 128 Å². The number of pyridine rings is 1. The molecular weight excluding hydrogens is 783 g/mol. The van der Waals surface area contributed by atoms with E-state index in [9.17, 15) is 14.4 Å². The Balaban J connectivity index is 1.09. The third kappa shape index (κ3) is 5.97. The fourth-order valence-corrected chi connectivity index (χ4v) is 9.56. The zero-order valence-electron chi connectivity index (χ0n) is 34.2. The van der Waals surface area contributed by atoms with Gasteiger partial charge in [0.15, 0.2) is 11.7 Å². The second kappa shape index (κ2) is 14.2. The molecular formula is C45H44F2N10O4. The fraction of sp³-hybridized carbons (Fsp3) is 0.333. The van der Waals surface area contributed by atoms with E-state index in [0.29, 0.717) is 89.2 Å². The van der Waals surface area contributed by atoms with Crippen LogP contribution in [0.3, 0.4) is 0 Å². The van der Waals surface area contributed by atoms with E-state index in [1.165, 1.54) is 27.6 Å². The van der Waals surface area contributed by atoms with Crippen molar-refractivity contribution >= 4 is 33.5 Å². The standard InChI is InChI=1S/C45H44F2N10O4/c1-24-17-30(18-25(2)38(24)46)57-41(56-14-13-55(44(56)59)37-8-7-36-32(39(37)47)22-49-53(36)4)33-23-54(12-9-34(33)51-57)42(58)31-19-29-6-5-28(27-10-15-61-16-11-27)20-35(29)50-40(31)45(21-26(45)3)43(48)52-60/h5-8,13-14,17-20,22,26-27,60H,9-12,15-16,21,23H2,1-4H3,(H2,48,52)/t26-,45+/m0/s1. The molecule has 0 unspecified atom stereocenters. The van der Waals surface area contributed by atoms with Gasteiger partial charge in [-0.2, -0.15) is 10.2 Å². The first-order chi connectivity index (χ1) is 29.4. The molecule has 1 saturated heterocycles. The van der Waals surface area contributed by atoms with Crippen LogP contribution in [0.5, 0.6) is 0 Å². The minimum absolute atomic E-state index is 0.00105. The number of hydrogen-bond acceptors (Lipinski definition) is 8. The smallest absolute Gasteiger partial charge is 0.338 e. The number of halogens is 2. The first-order valence-corrected chi connectivity index (χ1v) is 20.5. The van der Waals surface area contributed by atoms with Gasteiger partial charge in [0.05, 0.1) is 62.9 Å². The minimum Gasteiger partial charge on any atom is -0.409 e. The van der Waals surface area contributed by atoms with E-state index in [0.717, 1.165) is 29.3 Å². The van der Waals surface area contributed by atoms with Gasteiger partial charge in [0, 0.05) is 56.6 Å². The predicted octanol–water partition coefficient (Wildman–Crippen LogP) is 6.26. The molecule has 1 aliphatic carbocycles. The summed E-state index contributed by atoms with van der Waals surface area (Å²) in [5.74, 6) is -0.633. The Morgan fingerprint density at radius 2 is 1.75 bits per heavy atom. The number of aryl methyl sites for hydroxylation is 3. The van der Waals surface area contributed by atoms with Crippen LogP contribution in [0.25, 0.3) is 39.0 Å². The highest BCUT2D eigenvalue weighted by molar-refractivity contribution is 6.04. The van der Waals surface area contributed by atoms with E-state index in [1.807, 2.05) is 19.1 Å². The summed E-state index contributed by atoms with van der Waals surface area (Å²) in [6, 6.07) is 14.6. The predicted molar refractivity (Wildman–Crippen MR) is 224 cm³/mol. The molecule has 3 aromatic carbocycles. The van der Waals surface area contributed by atoms with E-state index < -0.39 is 16.9 Å². The number of rotatable bonds is 7. The number of fused-ring (bicyclic) bond motifs is 3. The number of imidazole rings is 1. The molecule has 3 N–H and O–H groups in total. The van der Waals surface area contributed by atoms with Gasteiger partial charge >= 0.3 is 5.69 Å². The van der Waals surface area contributed by atoms with Crippen LogP contribution in [-0.2, 0) is 30.2 Å². The summed E-state index contributed by atoms with van der Waals surface area (Å²) < 4.78 is 42.4. The Labute approximate surface area is 348 Å². The summed E-state index contributed by atoms with van der Waals surface area (Å²) >= 11 is 0. The number of carbonyl (C=O) groups excluding carboxylic acids is 1. The normalized spacial score (nSPS) is 19.5. The lowest BCUT2D eigenvalue weighted by atomic mass is 9.89. The molecule has 16 heteroatoms. The van der Waals surface area contributed by atoms with Crippen molar-refractivity contribution in [2.75, 3.05) is 19.8 Å². The number of nitrogens with zero attached hydrogens (tertiary/aromatic N) is 9. The van der Waals surface area contributed by atoms with E-state index in [-0.39, 0.29) is 41.1 Å². The van der Waals surface area contributed by atoms with Crippen LogP contribution < -0.4 is 11.4 Å². The maximum absolute atomic E-state index is 16.0. The zero-order chi connectivity index (χ0) is 42.5. The van der Waals surface area contributed by atoms with Gasteiger partial charge in [0.1, 0.15) is 11.6 Å². The molecule has 6 heterocycles. The van der Waals surface area contributed by atoms with Crippen LogP contribution in [0, 0.1) is 31.4 Å². The third-order valence-corrected chi connectivity index (χ3v) is 13.1. The first kappa shape index (κ1) is 38.5. The molecule has 4 aromatic heterocycles. The maximum atomic E-state index is 16.0. The molecule has 3 aliphatic rings. The molecule has 1 amide bonds. The fourth-order valence-electron chi connectivity index (χ4n) is 9.56. The van der Waals surface area contributed by atoms with Crippen molar-refractivity contribution in [3.8, 4) is 17.2 Å². The third-order valence-electron chi connectivity index (χ3n) is 13.1. The number of aromatic nitrogens is 7. The van der Waals surface area contributed by atoms with Crippen molar-refractivity contribution in [2.24, 2.45) is 23.9 Å². The molecule has 0 spiro atoms.